The van der Waals surface area contributed by atoms with E-state index >= 15 is 0 Å². The van der Waals surface area contributed by atoms with E-state index in [1.807, 2.05) is 49.4 Å². The molecule has 2 aromatic heterocycles. The van der Waals surface area contributed by atoms with Gasteiger partial charge in [0.2, 0.25) is 0 Å². The van der Waals surface area contributed by atoms with Crippen LogP contribution in [0.25, 0.3) is 21.8 Å². The predicted molar refractivity (Wildman–Crippen MR) is 123 cm³/mol. The maximum atomic E-state index is 13.3. The Bertz CT molecular complexity index is 1320. The van der Waals surface area contributed by atoms with E-state index in [2.05, 4.69) is 4.98 Å². The molecule has 1 aliphatic heterocycles. The number of nitrogens with zero attached hydrogens (tertiary/aromatic N) is 2. The minimum Gasteiger partial charge on any atom is -0.376 e. The predicted octanol–water partition coefficient (Wildman–Crippen LogP) is 4.42. The lowest BCUT2D eigenvalue weighted by atomic mass is 10.1. The number of ketones is 1. The number of thioether (sulfide) groups is 1. The minimum absolute atomic E-state index is 0.000336. The highest BCUT2D eigenvalue weighted by atomic mass is 32.2. The molecule has 7 heteroatoms. The summed E-state index contributed by atoms with van der Waals surface area (Å²) in [6.45, 7) is 3.04. The number of para-hydroxylation sites is 2. The number of hydrogen-bond acceptors (Lipinski definition) is 5. The van der Waals surface area contributed by atoms with Crippen LogP contribution in [0.5, 0.6) is 0 Å². The van der Waals surface area contributed by atoms with E-state index in [9.17, 15) is 9.59 Å². The van der Waals surface area contributed by atoms with Crippen LogP contribution >= 0.6 is 11.8 Å². The highest BCUT2D eigenvalue weighted by molar-refractivity contribution is 8.00. The Labute approximate surface area is 183 Å². The number of rotatable bonds is 6. The van der Waals surface area contributed by atoms with Crippen LogP contribution < -0.4 is 5.56 Å². The van der Waals surface area contributed by atoms with E-state index < -0.39 is 5.25 Å². The number of hydrogen-bond donors (Lipinski definition) is 1. The number of carbonyl (C=O) groups is 1. The highest BCUT2D eigenvalue weighted by Gasteiger charge is 2.25. The van der Waals surface area contributed by atoms with Gasteiger partial charge in [0.1, 0.15) is 0 Å². The standard InChI is InChI=1S/C24H23N3O3S/c1-15(22(28)19-13-25-20-10-4-2-8-17(19)20)31-24-26-21-11-5-3-9-18(21)23(29)27(24)14-16-7-6-12-30-16/h2-5,8-11,13,15-16,25H,6-7,12,14H2,1H3. The van der Waals surface area contributed by atoms with Gasteiger partial charge in [-0.1, -0.05) is 42.1 Å². The molecule has 1 N–H and O–H groups in total. The summed E-state index contributed by atoms with van der Waals surface area (Å²) in [6.07, 6.45) is 3.68. The molecule has 1 saturated heterocycles. The Morgan fingerprint density at radius 2 is 2.00 bits per heavy atom. The second-order valence-corrected chi connectivity index (χ2v) is 9.14. The first-order valence-corrected chi connectivity index (χ1v) is 11.4. The first kappa shape index (κ1) is 20.0. The average Bonchev–Trinajstić information content (AvgIpc) is 3.46. The lowest BCUT2D eigenvalue weighted by Crippen LogP contribution is -2.29. The lowest BCUT2D eigenvalue weighted by Gasteiger charge is -2.18. The molecule has 1 fully saturated rings. The molecule has 4 aromatic rings. The van der Waals surface area contributed by atoms with E-state index in [0.29, 0.717) is 28.2 Å². The number of nitrogens with one attached hydrogen (secondary N) is 1. The summed E-state index contributed by atoms with van der Waals surface area (Å²) in [5.41, 5.74) is 2.15. The fourth-order valence-corrected chi connectivity index (χ4v) is 5.08. The summed E-state index contributed by atoms with van der Waals surface area (Å²) in [4.78, 5) is 34.4. The molecular formula is C24H23N3O3S. The highest BCUT2D eigenvalue weighted by Crippen LogP contribution is 2.28. The van der Waals surface area contributed by atoms with Crippen LogP contribution in [-0.2, 0) is 11.3 Å². The number of aromatic nitrogens is 3. The number of ether oxygens (including phenoxy) is 1. The fourth-order valence-electron chi connectivity index (χ4n) is 4.10. The van der Waals surface area contributed by atoms with Gasteiger partial charge in [-0.2, -0.15) is 0 Å². The van der Waals surface area contributed by atoms with Crippen molar-refractivity contribution in [1.82, 2.24) is 14.5 Å². The number of aromatic amines is 1. The van der Waals surface area contributed by atoms with Crippen molar-refractivity contribution in [2.45, 2.75) is 42.8 Å². The Balaban J connectivity index is 1.51. The van der Waals surface area contributed by atoms with Crippen molar-refractivity contribution >= 4 is 39.4 Å². The SMILES string of the molecule is CC(Sc1nc2ccccc2c(=O)n1CC1CCCO1)C(=O)c1c[nH]c2ccccc12. The second kappa shape index (κ2) is 8.32. The normalized spacial score (nSPS) is 17.4. The molecule has 158 valence electrons. The van der Waals surface area contributed by atoms with Crippen LogP contribution in [0.2, 0.25) is 0 Å². The summed E-state index contributed by atoms with van der Waals surface area (Å²) in [5, 5.41) is 1.64. The van der Waals surface area contributed by atoms with Crippen LogP contribution in [0.15, 0.2) is 64.7 Å². The number of benzene rings is 2. The molecule has 5 rings (SSSR count). The summed E-state index contributed by atoms with van der Waals surface area (Å²) in [7, 11) is 0. The largest absolute Gasteiger partial charge is 0.376 e. The first-order chi connectivity index (χ1) is 15.1. The molecule has 0 spiro atoms. The molecule has 0 saturated carbocycles. The smallest absolute Gasteiger partial charge is 0.262 e. The Kier molecular flexibility index (Phi) is 5.38. The summed E-state index contributed by atoms with van der Waals surface area (Å²) in [6, 6.07) is 15.1. The molecule has 6 nitrogen and oxygen atoms in total. The summed E-state index contributed by atoms with van der Waals surface area (Å²) in [5.74, 6) is 0.00789. The van der Waals surface area contributed by atoms with Crippen molar-refractivity contribution in [3.63, 3.8) is 0 Å². The van der Waals surface area contributed by atoms with Crippen LogP contribution in [0.1, 0.15) is 30.1 Å². The van der Waals surface area contributed by atoms with Crippen molar-refractivity contribution < 1.29 is 9.53 Å². The van der Waals surface area contributed by atoms with E-state index in [1.165, 1.54) is 11.8 Å². The van der Waals surface area contributed by atoms with Crippen LogP contribution in [0.4, 0.5) is 0 Å². The van der Waals surface area contributed by atoms with E-state index in [1.54, 1.807) is 16.8 Å². The molecule has 2 aromatic carbocycles. The fraction of sp³-hybridized carbons (Fsp3) is 0.292. The zero-order chi connectivity index (χ0) is 21.4. The Morgan fingerprint density at radius 3 is 2.81 bits per heavy atom. The third kappa shape index (κ3) is 3.79. The molecule has 31 heavy (non-hydrogen) atoms. The minimum atomic E-state index is -0.400. The van der Waals surface area contributed by atoms with Crippen molar-refractivity contribution in [3.8, 4) is 0 Å². The van der Waals surface area contributed by atoms with Crippen molar-refractivity contribution in [3.05, 3.63) is 70.6 Å². The van der Waals surface area contributed by atoms with Gasteiger partial charge in [-0.3, -0.25) is 14.2 Å². The zero-order valence-corrected chi connectivity index (χ0v) is 18.0. The van der Waals surface area contributed by atoms with Gasteiger partial charge < -0.3 is 9.72 Å². The Hall–Kier alpha value is -2.90. The van der Waals surface area contributed by atoms with E-state index in [-0.39, 0.29) is 17.4 Å². The third-order valence-corrected chi connectivity index (χ3v) is 6.83. The average molecular weight is 434 g/mol. The van der Waals surface area contributed by atoms with Gasteiger partial charge in [0.25, 0.3) is 5.56 Å². The van der Waals surface area contributed by atoms with E-state index in [0.717, 1.165) is 30.4 Å². The van der Waals surface area contributed by atoms with Crippen LogP contribution in [-0.4, -0.2) is 38.3 Å². The first-order valence-electron chi connectivity index (χ1n) is 10.5. The van der Waals surface area contributed by atoms with Gasteiger partial charge in [0.05, 0.1) is 28.8 Å². The monoisotopic (exact) mass is 433 g/mol. The molecule has 2 atom stereocenters. The molecule has 2 unspecified atom stereocenters. The number of carbonyl (C=O) groups excluding carboxylic acids is 1. The van der Waals surface area contributed by atoms with Crippen LogP contribution in [0, 0.1) is 0 Å². The number of H-pyrrole nitrogens is 1. The lowest BCUT2D eigenvalue weighted by molar-refractivity contribution is 0.0937. The molecule has 1 aliphatic rings. The van der Waals surface area contributed by atoms with E-state index in [4.69, 9.17) is 9.72 Å². The number of fused-ring (bicyclic) bond motifs is 2. The number of Topliss-reactive ketones (excluding diaryl/α,β-unsaturated/α-hetero) is 1. The molecule has 3 heterocycles. The molecule has 0 amide bonds. The third-order valence-electron chi connectivity index (χ3n) is 5.74. The molecule has 0 bridgehead atoms. The second-order valence-electron chi connectivity index (χ2n) is 7.83. The quantitative estimate of drug-likeness (QED) is 0.277. The Morgan fingerprint density at radius 1 is 1.23 bits per heavy atom. The van der Waals surface area contributed by atoms with Gasteiger partial charge in [0.15, 0.2) is 10.9 Å². The van der Waals surface area contributed by atoms with Crippen molar-refractivity contribution in [1.29, 1.82) is 0 Å². The van der Waals surface area contributed by atoms with Gasteiger partial charge in [0, 0.05) is 29.3 Å². The van der Waals surface area contributed by atoms with Crippen LogP contribution in [0.3, 0.4) is 0 Å². The maximum absolute atomic E-state index is 13.3. The van der Waals surface area contributed by atoms with Crippen molar-refractivity contribution in [2.75, 3.05) is 6.61 Å². The van der Waals surface area contributed by atoms with Gasteiger partial charge >= 0.3 is 0 Å². The topological polar surface area (TPSA) is 77.0 Å². The molecule has 0 aliphatic carbocycles. The molecule has 0 radical (unpaired) electrons. The summed E-state index contributed by atoms with van der Waals surface area (Å²) >= 11 is 1.33. The van der Waals surface area contributed by atoms with Crippen molar-refractivity contribution in [2.24, 2.45) is 0 Å². The van der Waals surface area contributed by atoms with Gasteiger partial charge in [-0.05, 0) is 38.0 Å². The summed E-state index contributed by atoms with van der Waals surface area (Å²) < 4.78 is 7.45. The van der Waals surface area contributed by atoms with Gasteiger partial charge in [-0.25, -0.2) is 4.98 Å². The maximum Gasteiger partial charge on any atom is 0.262 e. The zero-order valence-electron chi connectivity index (χ0n) is 17.2. The van der Waals surface area contributed by atoms with Gasteiger partial charge in [-0.15, -0.1) is 0 Å². The molecular weight excluding hydrogens is 410 g/mol.